The summed E-state index contributed by atoms with van der Waals surface area (Å²) >= 11 is 0. The lowest BCUT2D eigenvalue weighted by Gasteiger charge is -2.44. The van der Waals surface area contributed by atoms with Gasteiger partial charge in [0.15, 0.2) is 0 Å². The Bertz CT molecular complexity index is 456. The van der Waals surface area contributed by atoms with Crippen LogP contribution in [0.5, 0.6) is 0 Å². The third-order valence-electron chi connectivity index (χ3n) is 6.80. The van der Waals surface area contributed by atoms with Crippen molar-refractivity contribution in [3.8, 4) is 0 Å². The summed E-state index contributed by atoms with van der Waals surface area (Å²) in [6.07, 6.45) is 7.30. The van der Waals surface area contributed by atoms with E-state index >= 15 is 0 Å². The van der Waals surface area contributed by atoms with E-state index < -0.39 is 0 Å². The number of likely N-dealkylation sites (tertiary alicyclic amines) is 1. The van der Waals surface area contributed by atoms with Crippen molar-refractivity contribution in [1.29, 1.82) is 0 Å². The van der Waals surface area contributed by atoms with Gasteiger partial charge in [0, 0.05) is 38.8 Å². The van der Waals surface area contributed by atoms with Crippen LogP contribution in [-0.4, -0.2) is 62.3 Å². The summed E-state index contributed by atoms with van der Waals surface area (Å²) in [5.74, 6) is 0.823. The fraction of sp³-hybridized carbons (Fsp3) is 0.947. The summed E-state index contributed by atoms with van der Waals surface area (Å²) in [6.45, 7) is 9.22. The molecule has 0 spiro atoms. The smallest absolute Gasteiger partial charge is 0.227 e. The van der Waals surface area contributed by atoms with Crippen molar-refractivity contribution in [2.24, 2.45) is 11.3 Å². The van der Waals surface area contributed by atoms with Gasteiger partial charge in [-0.2, -0.15) is 0 Å². The second-order valence-corrected chi connectivity index (χ2v) is 8.65. The highest BCUT2D eigenvalue weighted by Gasteiger charge is 2.50. The van der Waals surface area contributed by atoms with E-state index in [-0.39, 0.29) is 41.7 Å². The molecule has 0 bridgehead atoms. The highest BCUT2D eigenvalue weighted by Crippen LogP contribution is 2.44. The maximum absolute atomic E-state index is 13.0. The van der Waals surface area contributed by atoms with E-state index in [1.54, 1.807) is 7.11 Å². The van der Waals surface area contributed by atoms with Crippen molar-refractivity contribution in [3.05, 3.63) is 0 Å². The largest absolute Gasteiger partial charge is 0.381 e. The summed E-state index contributed by atoms with van der Waals surface area (Å²) < 4.78 is 5.47. The standard InChI is InChI=1S/C19H35N3O2.2ClH/c1-18(2,22-10-7-16(24-3)8-11-22)13-21-17(23)19-9-5-4-6-15(19)12-20-14-19;;/h15-16,20H,4-14H2,1-3H3,(H,21,23);2*1H/t15-,19+;;/m0../s1. The third-order valence-corrected chi connectivity index (χ3v) is 6.80. The van der Waals surface area contributed by atoms with Crippen LogP contribution in [0.4, 0.5) is 0 Å². The maximum atomic E-state index is 13.0. The molecule has 3 fully saturated rings. The van der Waals surface area contributed by atoms with Crippen molar-refractivity contribution >= 4 is 30.7 Å². The average Bonchev–Trinajstić information content (AvgIpc) is 3.05. The van der Waals surface area contributed by atoms with Crippen molar-refractivity contribution in [3.63, 3.8) is 0 Å². The molecule has 2 saturated heterocycles. The molecule has 3 rings (SSSR count). The van der Waals surface area contributed by atoms with Gasteiger partial charge in [0.25, 0.3) is 0 Å². The van der Waals surface area contributed by atoms with E-state index in [0.29, 0.717) is 12.0 Å². The van der Waals surface area contributed by atoms with Crippen molar-refractivity contribution < 1.29 is 9.53 Å². The number of nitrogens with one attached hydrogen (secondary N) is 2. The number of fused-ring (bicyclic) bond motifs is 1. The first-order valence-corrected chi connectivity index (χ1v) is 9.75. The van der Waals surface area contributed by atoms with Crippen molar-refractivity contribution in [2.45, 2.75) is 64.0 Å². The maximum Gasteiger partial charge on any atom is 0.227 e. The molecular formula is C19H37Cl2N3O2. The zero-order valence-electron chi connectivity index (χ0n) is 16.5. The van der Waals surface area contributed by atoms with Crippen LogP contribution in [0.2, 0.25) is 0 Å². The molecule has 0 unspecified atom stereocenters. The average molecular weight is 410 g/mol. The lowest BCUT2D eigenvalue weighted by atomic mass is 9.67. The molecule has 3 aliphatic rings. The fourth-order valence-corrected chi connectivity index (χ4v) is 4.97. The Kier molecular flexibility index (Phi) is 9.15. The number of ether oxygens (including phenoxy) is 1. The number of halogens is 2. The van der Waals surface area contributed by atoms with Crippen molar-refractivity contribution in [1.82, 2.24) is 15.5 Å². The first-order chi connectivity index (χ1) is 11.5. The molecule has 2 N–H and O–H groups in total. The number of hydrogen-bond acceptors (Lipinski definition) is 4. The van der Waals surface area contributed by atoms with Gasteiger partial charge in [-0.3, -0.25) is 9.69 Å². The van der Waals surface area contributed by atoms with Crippen molar-refractivity contribution in [2.75, 3.05) is 39.8 Å². The SMILES string of the molecule is COC1CCN(C(C)(C)CNC(=O)[C@@]23CCCC[C@H]2CNC3)CC1.Cl.Cl. The minimum atomic E-state index is -0.141. The van der Waals surface area contributed by atoms with Gasteiger partial charge in [-0.15, -0.1) is 24.8 Å². The molecule has 154 valence electrons. The van der Waals surface area contributed by atoms with Crippen LogP contribution in [-0.2, 0) is 9.53 Å². The zero-order chi connectivity index (χ0) is 17.2. The highest BCUT2D eigenvalue weighted by atomic mass is 35.5. The number of amides is 1. The van der Waals surface area contributed by atoms with Gasteiger partial charge >= 0.3 is 0 Å². The number of piperidine rings is 1. The molecular weight excluding hydrogens is 373 g/mol. The second kappa shape index (κ2) is 9.92. The van der Waals surface area contributed by atoms with Crippen LogP contribution in [0, 0.1) is 11.3 Å². The quantitative estimate of drug-likeness (QED) is 0.732. The van der Waals surface area contributed by atoms with E-state index in [2.05, 4.69) is 29.4 Å². The third kappa shape index (κ3) is 4.85. The Morgan fingerprint density at radius 2 is 1.92 bits per heavy atom. The predicted molar refractivity (Wildman–Crippen MR) is 110 cm³/mol. The molecule has 2 atom stereocenters. The van der Waals surface area contributed by atoms with Crippen LogP contribution >= 0.6 is 24.8 Å². The fourth-order valence-electron chi connectivity index (χ4n) is 4.97. The van der Waals surface area contributed by atoms with Crippen LogP contribution in [0.15, 0.2) is 0 Å². The number of methoxy groups -OCH3 is 1. The van der Waals surface area contributed by atoms with E-state index in [1.165, 1.54) is 19.3 Å². The molecule has 2 aliphatic heterocycles. The Morgan fingerprint density at radius 3 is 2.58 bits per heavy atom. The number of carbonyl (C=O) groups excluding carboxylic acids is 1. The molecule has 1 amide bonds. The van der Waals surface area contributed by atoms with Gasteiger partial charge in [0.05, 0.1) is 11.5 Å². The van der Waals surface area contributed by atoms with Gasteiger partial charge in [-0.1, -0.05) is 12.8 Å². The van der Waals surface area contributed by atoms with Gasteiger partial charge < -0.3 is 15.4 Å². The van der Waals surface area contributed by atoms with Crippen LogP contribution in [0.3, 0.4) is 0 Å². The van der Waals surface area contributed by atoms with Gasteiger partial charge in [-0.25, -0.2) is 0 Å². The van der Waals surface area contributed by atoms with E-state index in [9.17, 15) is 4.79 Å². The van der Waals surface area contributed by atoms with E-state index in [0.717, 1.165) is 52.0 Å². The minimum absolute atomic E-state index is 0. The van der Waals surface area contributed by atoms with Gasteiger partial charge in [0.1, 0.15) is 0 Å². The Morgan fingerprint density at radius 1 is 1.23 bits per heavy atom. The second-order valence-electron chi connectivity index (χ2n) is 8.65. The molecule has 7 heteroatoms. The molecule has 26 heavy (non-hydrogen) atoms. The Balaban J connectivity index is 0.00000169. The molecule has 0 radical (unpaired) electrons. The number of nitrogens with zero attached hydrogens (tertiary/aromatic N) is 1. The zero-order valence-corrected chi connectivity index (χ0v) is 18.1. The summed E-state index contributed by atoms with van der Waals surface area (Å²) in [5.41, 5.74) is -0.140. The molecule has 2 heterocycles. The molecule has 0 aromatic carbocycles. The summed E-state index contributed by atoms with van der Waals surface area (Å²) in [5, 5.41) is 6.80. The molecule has 1 aliphatic carbocycles. The number of hydrogen-bond donors (Lipinski definition) is 2. The number of carbonyl (C=O) groups is 1. The van der Waals surface area contributed by atoms with Crippen LogP contribution in [0.1, 0.15) is 52.4 Å². The lowest BCUT2D eigenvalue weighted by molar-refractivity contribution is -0.134. The Labute approximate surface area is 171 Å². The highest BCUT2D eigenvalue weighted by molar-refractivity contribution is 5.85. The van der Waals surface area contributed by atoms with E-state index in [1.807, 2.05) is 0 Å². The summed E-state index contributed by atoms with van der Waals surface area (Å²) in [6, 6.07) is 0. The number of rotatable bonds is 5. The van der Waals surface area contributed by atoms with Gasteiger partial charge in [-0.05, 0) is 52.0 Å². The van der Waals surface area contributed by atoms with Gasteiger partial charge in [0.2, 0.25) is 5.91 Å². The first-order valence-electron chi connectivity index (χ1n) is 9.75. The Hall–Kier alpha value is -0.0700. The summed E-state index contributed by atoms with van der Waals surface area (Å²) in [4.78, 5) is 15.5. The topological polar surface area (TPSA) is 53.6 Å². The lowest BCUT2D eigenvalue weighted by Crippen LogP contribution is -2.57. The molecule has 0 aromatic heterocycles. The minimum Gasteiger partial charge on any atom is -0.381 e. The summed E-state index contributed by atoms with van der Waals surface area (Å²) in [7, 11) is 1.81. The molecule has 0 aromatic rings. The van der Waals surface area contributed by atoms with Crippen LogP contribution in [0.25, 0.3) is 0 Å². The molecule has 1 saturated carbocycles. The molecule has 5 nitrogen and oxygen atoms in total. The first kappa shape index (κ1) is 24.0. The normalized spacial score (nSPS) is 30.0. The van der Waals surface area contributed by atoms with Crippen LogP contribution < -0.4 is 10.6 Å². The van der Waals surface area contributed by atoms with E-state index in [4.69, 9.17) is 4.74 Å². The predicted octanol–water partition coefficient (Wildman–Crippen LogP) is 2.62. The monoisotopic (exact) mass is 409 g/mol.